The van der Waals surface area contributed by atoms with Gasteiger partial charge in [-0.2, -0.15) is 0 Å². The Morgan fingerprint density at radius 1 is 1.22 bits per heavy atom. The molecule has 9 heavy (non-hydrogen) atoms. The average Bonchev–Trinajstić information content (AvgIpc) is 1.54. The quantitative estimate of drug-likeness (QED) is 0.454. The van der Waals surface area contributed by atoms with Gasteiger partial charge < -0.3 is 0 Å². The minimum absolute atomic E-state index is 1.13. The summed E-state index contributed by atoms with van der Waals surface area (Å²) < 4.78 is 0. The summed E-state index contributed by atoms with van der Waals surface area (Å²) >= 11 is 0. The highest BCUT2D eigenvalue weighted by Crippen LogP contribution is 2.44. The first-order valence-electron chi connectivity index (χ1n) is 3.99. The molecule has 0 aromatic carbocycles. The molecule has 0 spiro atoms. The molecule has 1 saturated carbocycles. The molecule has 0 amide bonds. The zero-order chi connectivity index (χ0) is 6.10. The first-order valence-corrected chi connectivity index (χ1v) is 5.41. The second kappa shape index (κ2) is 2.58. The molecule has 3 fully saturated rings. The van der Waals surface area contributed by atoms with E-state index in [4.69, 9.17) is 0 Å². The zero-order valence-corrected chi connectivity index (χ0v) is 6.82. The van der Waals surface area contributed by atoms with E-state index in [2.05, 4.69) is 0 Å². The average molecular weight is 141 g/mol. The normalized spacial score (nSPS) is 39.3. The van der Waals surface area contributed by atoms with Crippen LogP contribution in [0.2, 0.25) is 0 Å². The van der Waals surface area contributed by atoms with Crippen LogP contribution in [0.5, 0.6) is 0 Å². The van der Waals surface area contributed by atoms with Crippen molar-refractivity contribution < 1.29 is 0 Å². The first kappa shape index (κ1) is 6.16. The lowest BCUT2D eigenvalue weighted by Crippen LogP contribution is -2.24. The Hall–Kier alpha value is 0.430. The zero-order valence-electron chi connectivity index (χ0n) is 5.82. The highest BCUT2D eigenvalue weighted by atomic mass is 31.1. The van der Waals surface area contributed by atoms with E-state index in [0.717, 1.165) is 5.92 Å². The second-order valence-corrected chi connectivity index (χ2v) is 4.81. The van der Waals surface area contributed by atoms with E-state index < -0.39 is 0 Å². The predicted octanol–water partition coefficient (Wildman–Crippen LogP) is 2.44. The topological polar surface area (TPSA) is 0 Å². The Kier molecular flexibility index (Phi) is 1.77. The van der Waals surface area contributed by atoms with Crippen LogP contribution in [0.1, 0.15) is 25.7 Å². The molecule has 2 aliphatic heterocycles. The Labute approximate surface area is 59.2 Å². The fourth-order valence-corrected chi connectivity index (χ4v) is 3.25. The monoisotopic (exact) mass is 141 g/mol. The fraction of sp³-hybridized carbons (Fsp3) is 0.875. The van der Waals surface area contributed by atoms with Gasteiger partial charge >= 0.3 is 0 Å². The molecule has 2 saturated heterocycles. The van der Waals surface area contributed by atoms with Gasteiger partial charge in [-0.05, 0) is 49.8 Å². The van der Waals surface area contributed by atoms with Crippen molar-refractivity contribution in [2.75, 3.05) is 12.3 Å². The van der Waals surface area contributed by atoms with Gasteiger partial charge in [-0.1, -0.05) is 0 Å². The van der Waals surface area contributed by atoms with E-state index in [9.17, 15) is 0 Å². The SMILES string of the molecule is C1C[C]2CC(CCP1)C2. The third-order valence-electron chi connectivity index (χ3n) is 2.54. The van der Waals surface area contributed by atoms with Gasteiger partial charge in [0.25, 0.3) is 0 Å². The molecule has 3 aliphatic rings. The van der Waals surface area contributed by atoms with Crippen molar-refractivity contribution in [1.82, 2.24) is 0 Å². The largest absolute Gasteiger partial charge is 0.122 e. The number of hydrogen-bond acceptors (Lipinski definition) is 0. The summed E-state index contributed by atoms with van der Waals surface area (Å²) in [5.74, 6) is 3.01. The molecule has 1 unspecified atom stereocenters. The lowest BCUT2D eigenvalue weighted by atomic mass is 9.72. The van der Waals surface area contributed by atoms with Gasteiger partial charge in [-0.3, -0.25) is 0 Å². The number of rotatable bonds is 0. The standard InChI is InChI=1S/C8H14P/c1-3-9-4-2-8-5-7(1)6-8/h7,9H,1-6H2. The summed E-state index contributed by atoms with van der Waals surface area (Å²) in [7, 11) is 1.29. The van der Waals surface area contributed by atoms with Crippen molar-refractivity contribution in [2.45, 2.75) is 25.7 Å². The molecule has 0 nitrogen and oxygen atoms in total. The maximum Gasteiger partial charge on any atom is -0.0232 e. The van der Waals surface area contributed by atoms with Gasteiger partial charge in [-0.15, -0.1) is 8.58 Å². The van der Waals surface area contributed by atoms with Crippen molar-refractivity contribution in [3.63, 3.8) is 0 Å². The summed E-state index contributed by atoms with van der Waals surface area (Å²) in [6.45, 7) is 0. The van der Waals surface area contributed by atoms with Crippen molar-refractivity contribution in [3.05, 3.63) is 5.92 Å². The summed E-state index contributed by atoms with van der Waals surface area (Å²) in [4.78, 5) is 0. The summed E-state index contributed by atoms with van der Waals surface area (Å²) in [6, 6.07) is 0. The molecule has 0 aromatic heterocycles. The molecule has 3 rings (SSSR count). The van der Waals surface area contributed by atoms with Crippen LogP contribution in [0.4, 0.5) is 0 Å². The van der Waals surface area contributed by atoms with Gasteiger partial charge in [0.05, 0.1) is 0 Å². The maximum atomic E-state index is 1.88. The molecule has 1 atom stereocenters. The van der Waals surface area contributed by atoms with E-state index in [0.29, 0.717) is 0 Å². The van der Waals surface area contributed by atoms with Crippen LogP contribution < -0.4 is 0 Å². The van der Waals surface area contributed by atoms with Crippen molar-refractivity contribution in [3.8, 4) is 0 Å². The number of hydrogen-bond donors (Lipinski definition) is 0. The first-order chi connectivity index (χ1) is 4.45. The molecular weight excluding hydrogens is 127 g/mol. The third-order valence-corrected chi connectivity index (χ3v) is 3.79. The van der Waals surface area contributed by atoms with Gasteiger partial charge in [0.15, 0.2) is 0 Å². The Morgan fingerprint density at radius 3 is 3.00 bits per heavy atom. The van der Waals surface area contributed by atoms with Gasteiger partial charge in [-0.25, -0.2) is 0 Å². The molecular formula is C8H14P. The van der Waals surface area contributed by atoms with Crippen LogP contribution in [-0.2, 0) is 0 Å². The minimum Gasteiger partial charge on any atom is -0.122 e. The highest BCUT2D eigenvalue weighted by molar-refractivity contribution is 7.37. The molecule has 2 heterocycles. The van der Waals surface area contributed by atoms with Gasteiger partial charge in [0, 0.05) is 0 Å². The van der Waals surface area contributed by atoms with Crippen LogP contribution in [0.15, 0.2) is 0 Å². The Balaban J connectivity index is 1.85. The van der Waals surface area contributed by atoms with E-state index in [1.54, 1.807) is 6.42 Å². The van der Waals surface area contributed by atoms with E-state index in [1.807, 2.05) is 5.92 Å². The summed E-state index contributed by atoms with van der Waals surface area (Å²) in [5.41, 5.74) is 0. The Bertz CT molecular complexity index is 79.2. The molecule has 1 radical (unpaired) electrons. The van der Waals surface area contributed by atoms with Gasteiger partial charge in [0.1, 0.15) is 0 Å². The second-order valence-electron chi connectivity index (χ2n) is 3.31. The maximum absolute atomic E-state index is 1.88. The number of fused-ring (bicyclic) bond motifs is 4. The predicted molar refractivity (Wildman–Crippen MR) is 43.3 cm³/mol. The molecule has 1 aliphatic carbocycles. The van der Waals surface area contributed by atoms with Crippen molar-refractivity contribution in [2.24, 2.45) is 5.92 Å². The smallest absolute Gasteiger partial charge is 0.0232 e. The Morgan fingerprint density at radius 2 is 2.11 bits per heavy atom. The van der Waals surface area contributed by atoms with Crippen LogP contribution in [0.3, 0.4) is 0 Å². The molecule has 2 bridgehead atoms. The van der Waals surface area contributed by atoms with Crippen molar-refractivity contribution in [1.29, 1.82) is 0 Å². The van der Waals surface area contributed by atoms with Crippen LogP contribution in [0, 0.1) is 11.8 Å². The van der Waals surface area contributed by atoms with Crippen LogP contribution in [-0.4, -0.2) is 12.3 Å². The lowest BCUT2D eigenvalue weighted by molar-refractivity contribution is 0.329. The van der Waals surface area contributed by atoms with Crippen LogP contribution >= 0.6 is 8.58 Å². The fourth-order valence-electron chi connectivity index (χ4n) is 1.86. The molecule has 1 heteroatoms. The lowest BCUT2D eigenvalue weighted by Gasteiger charge is -2.37. The van der Waals surface area contributed by atoms with Crippen molar-refractivity contribution >= 4 is 8.58 Å². The summed E-state index contributed by atoms with van der Waals surface area (Å²) in [5, 5.41) is 0. The van der Waals surface area contributed by atoms with E-state index >= 15 is 0 Å². The minimum atomic E-state index is 1.13. The highest BCUT2D eigenvalue weighted by Gasteiger charge is 2.29. The molecule has 0 N–H and O–H groups in total. The third kappa shape index (κ3) is 1.29. The van der Waals surface area contributed by atoms with E-state index in [-0.39, 0.29) is 0 Å². The molecule has 0 aromatic rings. The van der Waals surface area contributed by atoms with E-state index in [1.165, 1.54) is 40.2 Å². The molecule has 51 valence electrons. The van der Waals surface area contributed by atoms with Gasteiger partial charge in [0.2, 0.25) is 0 Å². The summed E-state index contributed by atoms with van der Waals surface area (Å²) in [6.07, 6.45) is 9.09. The van der Waals surface area contributed by atoms with Crippen LogP contribution in [0.25, 0.3) is 0 Å².